The fourth-order valence-corrected chi connectivity index (χ4v) is 5.02. The number of hydrogen-bond acceptors (Lipinski definition) is 5. The number of esters is 2. The number of carbonyl (C=O) groups excluding carboxylic acids is 2. The van der Waals surface area contributed by atoms with Gasteiger partial charge in [0.1, 0.15) is 12.2 Å². The molecule has 0 spiro atoms. The van der Waals surface area contributed by atoms with Crippen molar-refractivity contribution in [1.29, 1.82) is 0 Å². The maximum absolute atomic E-state index is 11.8. The molecule has 0 aliphatic heterocycles. The van der Waals surface area contributed by atoms with E-state index in [4.69, 9.17) is 14.6 Å². The molecule has 2 unspecified atom stereocenters. The molecule has 0 aromatic rings. The van der Waals surface area contributed by atoms with Crippen LogP contribution in [0.15, 0.2) is 24.3 Å². The summed E-state index contributed by atoms with van der Waals surface area (Å²) in [4.78, 5) is 34.3. The highest BCUT2D eigenvalue weighted by molar-refractivity contribution is 5.67. The Morgan fingerprint density at radius 3 is 2.23 bits per heavy atom. The lowest BCUT2D eigenvalue weighted by atomic mass is 9.81. The fourth-order valence-electron chi connectivity index (χ4n) is 5.02. The van der Waals surface area contributed by atoms with E-state index < -0.39 is 5.97 Å². The quantitative estimate of drug-likeness (QED) is 0.100. The second-order valence-corrected chi connectivity index (χ2v) is 9.87. The van der Waals surface area contributed by atoms with Crippen molar-refractivity contribution in [2.75, 3.05) is 0 Å². The van der Waals surface area contributed by atoms with Gasteiger partial charge in [0.05, 0.1) is 0 Å². The summed E-state index contributed by atoms with van der Waals surface area (Å²) in [5.74, 6) is -0.938. The van der Waals surface area contributed by atoms with Gasteiger partial charge >= 0.3 is 17.9 Å². The molecule has 6 heteroatoms. The first-order chi connectivity index (χ1) is 16.8. The van der Waals surface area contributed by atoms with Crippen LogP contribution in [0.2, 0.25) is 0 Å². The summed E-state index contributed by atoms with van der Waals surface area (Å²) in [7, 11) is 0. The highest BCUT2D eigenvalue weighted by Crippen LogP contribution is 2.35. The molecule has 0 aromatic carbocycles. The van der Waals surface area contributed by atoms with E-state index in [1.54, 1.807) is 0 Å². The predicted octanol–water partition coefficient (Wildman–Crippen LogP) is 7.16. The molecule has 0 radical (unpaired) electrons. The molecule has 6 nitrogen and oxygen atoms in total. The van der Waals surface area contributed by atoms with Crippen molar-refractivity contribution in [3.63, 3.8) is 0 Å². The van der Waals surface area contributed by atoms with Gasteiger partial charge in [0.2, 0.25) is 0 Å². The Balaban J connectivity index is 2.76. The van der Waals surface area contributed by atoms with Crippen LogP contribution in [0.3, 0.4) is 0 Å². The van der Waals surface area contributed by atoms with Crippen molar-refractivity contribution in [1.82, 2.24) is 0 Å². The third-order valence-corrected chi connectivity index (χ3v) is 6.75. The molecule has 0 amide bonds. The number of unbranched alkanes of at least 4 members (excludes halogenated alkanes) is 5. The molecule has 1 N–H and O–H groups in total. The zero-order chi connectivity index (χ0) is 25.9. The van der Waals surface area contributed by atoms with E-state index in [2.05, 4.69) is 13.0 Å². The van der Waals surface area contributed by atoms with Crippen LogP contribution in [-0.2, 0) is 23.9 Å². The molecule has 35 heavy (non-hydrogen) atoms. The first-order valence-electron chi connectivity index (χ1n) is 13.7. The minimum absolute atomic E-state index is 0.0872. The monoisotopic (exact) mass is 492 g/mol. The Bertz CT molecular complexity index is 668. The van der Waals surface area contributed by atoms with Crippen LogP contribution in [-0.4, -0.2) is 35.2 Å². The van der Waals surface area contributed by atoms with Crippen LogP contribution in [0.4, 0.5) is 0 Å². The number of carboxylic acids is 1. The molecule has 0 saturated heterocycles. The minimum Gasteiger partial charge on any atom is -0.481 e. The molecule has 1 rings (SSSR count). The molecular formula is C29H48O6. The Morgan fingerprint density at radius 2 is 1.54 bits per heavy atom. The number of allylic oxidation sites excluding steroid dienone is 3. The lowest BCUT2D eigenvalue weighted by Gasteiger charge is -2.30. The van der Waals surface area contributed by atoms with Gasteiger partial charge in [0.25, 0.3) is 0 Å². The standard InChI is InChI=1S/C29H48O6/c1-4-5-6-7-8-11-18-26(34-23(2)30)19-14-13-17-25-16-10-9-12-20-27(25)28(35-24(3)31)21-15-22-29(32)33/h13-14,17,19,25-28H,4-12,15-16,18,20-22H2,1-3H3,(H,32,33)/b17-13+,19-14+/t25-,26?,27+,28?/m0/s1. The van der Waals surface area contributed by atoms with Crippen molar-refractivity contribution in [2.24, 2.45) is 11.8 Å². The zero-order valence-corrected chi connectivity index (χ0v) is 22.2. The second kappa shape index (κ2) is 19.1. The third kappa shape index (κ3) is 15.5. The van der Waals surface area contributed by atoms with Crippen LogP contribution in [0, 0.1) is 11.8 Å². The van der Waals surface area contributed by atoms with Crippen LogP contribution in [0.25, 0.3) is 0 Å². The maximum atomic E-state index is 11.8. The first-order valence-corrected chi connectivity index (χ1v) is 13.7. The van der Waals surface area contributed by atoms with Crippen LogP contribution in [0.1, 0.15) is 117 Å². The minimum atomic E-state index is -0.822. The summed E-state index contributed by atoms with van der Waals surface area (Å²) in [6, 6.07) is 0. The van der Waals surface area contributed by atoms with E-state index in [9.17, 15) is 14.4 Å². The van der Waals surface area contributed by atoms with Crippen molar-refractivity contribution < 1.29 is 29.0 Å². The number of carbonyl (C=O) groups is 3. The maximum Gasteiger partial charge on any atom is 0.303 e. The van der Waals surface area contributed by atoms with E-state index in [0.29, 0.717) is 12.8 Å². The van der Waals surface area contributed by atoms with E-state index >= 15 is 0 Å². The molecule has 0 bridgehead atoms. The van der Waals surface area contributed by atoms with E-state index in [0.717, 1.165) is 51.4 Å². The predicted molar refractivity (Wildman–Crippen MR) is 139 cm³/mol. The summed E-state index contributed by atoms with van der Waals surface area (Å²) >= 11 is 0. The van der Waals surface area contributed by atoms with Gasteiger partial charge in [-0.25, -0.2) is 0 Å². The van der Waals surface area contributed by atoms with Gasteiger partial charge in [0.15, 0.2) is 0 Å². The summed E-state index contributed by atoms with van der Waals surface area (Å²) in [6.07, 6.45) is 22.3. The van der Waals surface area contributed by atoms with Gasteiger partial charge in [-0.1, -0.05) is 76.5 Å². The average molecular weight is 493 g/mol. The van der Waals surface area contributed by atoms with Gasteiger partial charge in [-0.05, 0) is 50.5 Å². The van der Waals surface area contributed by atoms with Crippen molar-refractivity contribution in [3.8, 4) is 0 Å². The third-order valence-electron chi connectivity index (χ3n) is 6.75. The van der Waals surface area contributed by atoms with Gasteiger partial charge < -0.3 is 14.6 Å². The normalized spacial score (nSPS) is 20.4. The largest absolute Gasteiger partial charge is 0.481 e. The van der Waals surface area contributed by atoms with Crippen LogP contribution >= 0.6 is 0 Å². The molecule has 0 aromatic heterocycles. The molecule has 1 fully saturated rings. The molecule has 200 valence electrons. The Labute approximate surface area is 212 Å². The Hall–Kier alpha value is -2.11. The lowest BCUT2D eigenvalue weighted by molar-refractivity contribution is -0.150. The molecule has 1 aliphatic carbocycles. The molecule has 1 aliphatic rings. The summed E-state index contributed by atoms with van der Waals surface area (Å²) in [6.45, 7) is 5.09. The van der Waals surface area contributed by atoms with E-state index in [-0.39, 0.29) is 42.4 Å². The van der Waals surface area contributed by atoms with Crippen LogP contribution < -0.4 is 0 Å². The number of aliphatic carboxylic acids is 1. The highest BCUT2D eigenvalue weighted by atomic mass is 16.5. The molecule has 4 atom stereocenters. The molecule has 0 heterocycles. The van der Waals surface area contributed by atoms with Crippen molar-refractivity contribution in [2.45, 2.75) is 129 Å². The SMILES string of the molecule is CCCCCCCCC(/C=C/C=C/[C@@H]1CCCCC[C@H]1C(CCCC(=O)O)OC(C)=O)OC(C)=O. The van der Waals surface area contributed by atoms with E-state index in [1.807, 2.05) is 18.2 Å². The highest BCUT2D eigenvalue weighted by Gasteiger charge is 2.31. The second-order valence-electron chi connectivity index (χ2n) is 9.87. The first kappa shape index (κ1) is 30.9. The fraction of sp³-hybridized carbons (Fsp3) is 0.759. The van der Waals surface area contributed by atoms with Gasteiger partial charge in [0, 0.05) is 26.2 Å². The number of carboxylic acid groups (broad SMARTS) is 1. The molecular weight excluding hydrogens is 444 g/mol. The average Bonchev–Trinajstić information content (AvgIpc) is 3.02. The van der Waals surface area contributed by atoms with Gasteiger partial charge in [-0.3, -0.25) is 14.4 Å². The number of hydrogen-bond donors (Lipinski definition) is 1. The Morgan fingerprint density at radius 1 is 0.857 bits per heavy atom. The van der Waals surface area contributed by atoms with Crippen LogP contribution in [0.5, 0.6) is 0 Å². The summed E-state index contributed by atoms with van der Waals surface area (Å²) in [5, 5.41) is 9.00. The molecule has 1 saturated carbocycles. The van der Waals surface area contributed by atoms with E-state index in [1.165, 1.54) is 39.5 Å². The summed E-state index contributed by atoms with van der Waals surface area (Å²) < 4.78 is 11.2. The number of ether oxygens (including phenoxy) is 2. The van der Waals surface area contributed by atoms with Gasteiger partial charge in [-0.2, -0.15) is 0 Å². The summed E-state index contributed by atoms with van der Waals surface area (Å²) in [5.41, 5.74) is 0. The van der Waals surface area contributed by atoms with Crippen molar-refractivity contribution >= 4 is 17.9 Å². The Kier molecular flexibility index (Phi) is 16.9. The van der Waals surface area contributed by atoms with Crippen molar-refractivity contribution in [3.05, 3.63) is 24.3 Å². The topological polar surface area (TPSA) is 89.9 Å². The zero-order valence-electron chi connectivity index (χ0n) is 22.2. The number of rotatable bonds is 17. The van der Waals surface area contributed by atoms with Gasteiger partial charge in [-0.15, -0.1) is 0 Å². The smallest absolute Gasteiger partial charge is 0.303 e. The lowest BCUT2D eigenvalue weighted by Crippen LogP contribution is -2.31.